The lowest BCUT2D eigenvalue weighted by atomic mass is 9.87. The quantitative estimate of drug-likeness (QED) is 0.738. The molecule has 0 saturated carbocycles. The van der Waals surface area contributed by atoms with E-state index in [1.54, 1.807) is 0 Å². The van der Waals surface area contributed by atoms with Crippen molar-refractivity contribution in [2.24, 2.45) is 5.41 Å². The molecule has 0 N–H and O–H groups in total. The molecule has 2 nitrogen and oxygen atoms in total. The van der Waals surface area contributed by atoms with Gasteiger partial charge in [-0.15, -0.1) is 0 Å². The summed E-state index contributed by atoms with van der Waals surface area (Å²) in [6, 6.07) is 10.0. The highest BCUT2D eigenvalue weighted by atomic mass is 16.5. The number of ketones is 1. The standard InChI is InChI=1S/C13H16O2/c1-13(2)9-15-11(12(13)14)8-10-6-4-3-5-7-10/h3-7,11H,8-9H2,1-2H3. The molecule has 1 heterocycles. The van der Waals surface area contributed by atoms with Gasteiger partial charge < -0.3 is 4.74 Å². The fraction of sp³-hybridized carbons (Fsp3) is 0.462. The molecule has 1 atom stereocenters. The second-order valence-corrected chi connectivity index (χ2v) is 4.74. The second-order valence-electron chi connectivity index (χ2n) is 4.74. The number of carbonyl (C=O) groups excluding carboxylic acids is 1. The summed E-state index contributed by atoms with van der Waals surface area (Å²) in [4.78, 5) is 11.9. The van der Waals surface area contributed by atoms with Crippen LogP contribution in [0, 0.1) is 5.41 Å². The molecular formula is C13H16O2. The first-order valence-corrected chi connectivity index (χ1v) is 5.29. The van der Waals surface area contributed by atoms with E-state index >= 15 is 0 Å². The molecular weight excluding hydrogens is 188 g/mol. The van der Waals surface area contributed by atoms with Gasteiger partial charge in [0.2, 0.25) is 0 Å². The Balaban J connectivity index is 2.06. The molecule has 0 bridgehead atoms. The average molecular weight is 204 g/mol. The first-order chi connectivity index (χ1) is 7.09. The molecule has 1 unspecified atom stereocenters. The van der Waals surface area contributed by atoms with E-state index in [4.69, 9.17) is 4.74 Å². The van der Waals surface area contributed by atoms with Crippen LogP contribution in [0.5, 0.6) is 0 Å². The van der Waals surface area contributed by atoms with Gasteiger partial charge in [0.1, 0.15) is 6.10 Å². The summed E-state index contributed by atoms with van der Waals surface area (Å²) in [6.45, 7) is 4.43. The number of hydrogen-bond acceptors (Lipinski definition) is 2. The first kappa shape index (κ1) is 10.4. The van der Waals surface area contributed by atoms with Crippen LogP contribution in [-0.2, 0) is 16.0 Å². The molecule has 1 saturated heterocycles. The average Bonchev–Trinajstić information content (AvgIpc) is 2.47. The summed E-state index contributed by atoms with van der Waals surface area (Å²) in [5.41, 5.74) is 0.855. The minimum absolute atomic E-state index is 0.228. The van der Waals surface area contributed by atoms with E-state index in [9.17, 15) is 4.79 Å². The van der Waals surface area contributed by atoms with Gasteiger partial charge >= 0.3 is 0 Å². The minimum atomic E-state index is -0.306. The molecule has 0 radical (unpaired) electrons. The van der Waals surface area contributed by atoms with Gasteiger partial charge in [0.25, 0.3) is 0 Å². The lowest BCUT2D eigenvalue weighted by molar-refractivity contribution is -0.126. The van der Waals surface area contributed by atoms with E-state index in [1.165, 1.54) is 0 Å². The van der Waals surface area contributed by atoms with E-state index in [1.807, 2.05) is 44.2 Å². The Morgan fingerprint density at radius 1 is 1.33 bits per heavy atom. The summed E-state index contributed by atoms with van der Waals surface area (Å²) in [6.07, 6.45) is 0.450. The third-order valence-electron chi connectivity index (χ3n) is 2.87. The zero-order chi connectivity index (χ0) is 10.9. The van der Waals surface area contributed by atoms with Crippen molar-refractivity contribution in [2.45, 2.75) is 26.4 Å². The molecule has 1 aromatic carbocycles. The Morgan fingerprint density at radius 3 is 2.53 bits per heavy atom. The van der Waals surface area contributed by atoms with Gasteiger partial charge in [-0.25, -0.2) is 0 Å². The molecule has 1 aliphatic rings. The number of carbonyl (C=O) groups is 1. The topological polar surface area (TPSA) is 26.3 Å². The van der Waals surface area contributed by atoms with Gasteiger partial charge in [-0.3, -0.25) is 4.79 Å². The van der Waals surface area contributed by atoms with Gasteiger partial charge in [0.05, 0.1) is 6.61 Å². The summed E-state index contributed by atoms with van der Waals surface area (Å²) < 4.78 is 5.53. The van der Waals surface area contributed by atoms with Gasteiger partial charge in [0, 0.05) is 11.8 Å². The molecule has 1 fully saturated rings. The van der Waals surface area contributed by atoms with E-state index in [-0.39, 0.29) is 17.3 Å². The maximum Gasteiger partial charge on any atom is 0.169 e. The molecule has 0 aromatic heterocycles. The van der Waals surface area contributed by atoms with Crippen LogP contribution in [0.3, 0.4) is 0 Å². The van der Waals surface area contributed by atoms with Crippen molar-refractivity contribution in [3.63, 3.8) is 0 Å². The molecule has 2 rings (SSSR count). The van der Waals surface area contributed by atoms with E-state index < -0.39 is 0 Å². The number of rotatable bonds is 2. The van der Waals surface area contributed by atoms with Gasteiger partial charge in [-0.05, 0) is 5.56 Å². The fourth-order valence-corrected chi connectivity index (χ4v) is 1.87. The molecule has 2 heteroatoms. The van der Waals surface area contributed by atoms with Crippen molar-refractivity contribution in [3.05, 3.63) is 35.9 Å². The number of benzene rings is 1. The summed E-state index contributed by atoms with van der Waals surface area (Å²) >= 11 is 0. The highest BCUT2D eigenvalue weighted by Crippen LogP contribution is 2.29. The molecule has 80 valence electrons. The van der Waals surface area contributed by atoms with Crippen LogP contribution in [-0.4, -0.2) is 18.5 Å². The number of Topliss-reactive ketones (excluding diaryl/α,β-unsaturated/α-hetero) is 1. The molecule has 15 heavy (non-hydrogen) atoms. The minimum Gasteiger partial charge on any atom is -0.369 e. The van der Waals surface area contributed by atoms with Gasteiger partial charge in [-0.1, -0.05) is 44.2 Å². The van der Waals surface area contributed by atoms with E-state index in [2.05, 4.69) is 0 Å². The maximum atomic E-state index is 11.9. The van der Waals surface area contributed by atoms with Gasteiger partial charge in [-0.2, -0.15) is 0 Å². The van der Waals surface area contributed by atoms with Crippen LogP contribution in [0.15, 0.2) is 30.3 Å². The third kappa shape index (κ3) is 2.10. The van der Waals surface area contributed by atoms with Crippen molar-refractivity contribution in [1.29, 1.82) is 0 Å². The Labute approximate surface area is 90.3 Å². The third-order valence-corrected chi connectivity index (χ3v) is 2.87. The monoisotopic (exact) mass is 204 g/mol. The first-order valence-electron chi connectivity index (χ1n) is 5.29. The summed E-state index contributed by atoms with van der Waals surface area (Å²) in [7, 11) is 0. The predicted molar refractivity (Wildman–Crippen MR) is 58.7 cm³/mol. The zero-order valence-electron chi connectivity index (χ0n) is 9.19. The van der Waals surface area contributed by atoms with Crippen LogP contribution in [0.25, 0.3) is 0 Å². The van der Waals surface area contributed by atoms with E-state index in [0.717, 1.165) is 5.56 Å². The smallest absolute Gasteiger partial charge is 0.169 e. The molecule has 1 aliphatic heterocycles. The molecule has 1 aromatic rings. The highest BCUT2D eigenvalue weighted by molar-refractivity contribution is 5.90. The maximum absolute atomic E-state index is 11.9. The van der Waals surface area contributed by atoms with Crippen LogP contribution in [0.1, 0.15) is 19.4 Å². The van der Waals surface area contributed by atoms with Crippen molar-refractivity contribution >= 4 is 5.78 Å². The second kappa shape index (κ2) is 3.78. The van der Waals surface area contributed by atoms with Crippen molar-refractivity contribution < 1.29 is 9.53 Å². The van der Waals surface area contributed by atoms with Crippen LogP contribution in [0.2, 0.25) is 0 Å². The van der Waals surface area contributed by atoms with Crippen LogP contribution in [0.4, 0.5) is 0 Å². The summed E-state index contributed by atoms with van der Waals surface area (Å²) in [5, 5.41) is 0. The van der Waals surface area contributed by atoms with Crippen LogP contribution >= 0.6 is 0 Å². The largest absolute Gasteiger partial charge is 0.369 e. The predicted octanol–water partition coefficient (Wildman–Crippen LogP) is 2.22. The lowest BCUT2D eigenvalue weighted by Gasteiger charge is -2.12. The highest BCUT2D eigenvalue weighted by Gasteiger charge is 2.41. The van der Waals surface area contributed by atoms with Crippen molar-refractivity contribution in [3.8, 4) is 0 Å². The fourth-order valence-electron chi connectivity index (χ4n) is 1.87. The summed E-state index contributed by atoms with van der Waals surface area (Å²) in [5.74, 6) is 0.228. The Bertz CT molecular complexity index is 354. The Morgan fingerprint density at radius 2 is 2.00 bits per heavy atom. The van der Waals surface area contributed by atoms with Crippen LogP contribution < -0.4 is 0 Å². The lowest BCUT2D eigenvalue weighted by Crippen LogP contribution is -2.27. The molecule has 0 aliphatic carbocycles. The van der Waals surface area contributed by atoms with E-state index in [0.29, 0.717) is 13.0 Å². The van der Waals surface area contributed by atoms with Crippen molar-refractivity contribution in [1.82, 2.24) is 0 Å². The molecule has 0 amide bonds. The SMILES string of the molecule is CC1(C)COC(Cc2ccccc2)C1=O. The number of ether oxygens (including phenoxy) is 1. The molecule has 0 spiro atoms. The zero-order valence-corrected chi connectivity index (χ0v) is 9.19. The van der Waals surface area contributed by atoms with Crippen molar-refractivity contribution in [2.75, 3.05) is 6.61 Å². The van der Waals surface area contributed by atoms with Gasteiger partial charge in [0.15, 0.2) is 5.78 Å². The number of hydrogen-bond donors (Lipinski definition) is 0. The Kier molecular flexibility index (Phi) is 2.61. The normalized spacial score (nSPS) is 24.4. The Hall–Kier alpha value is -1.15.